The van der Waals surface area contributed by atoms with Crippen LogP contribution in [0.2, 0.25) is 0 Å². The van der Waals surface area contributed by atoms with Crippen LogP contribution in [-0.2, 0) is 0 Å². The van der Waals surface area contributed by atoms with Gasteiger partial charge in [-0.3, -0.25) is 4.79 Å². The molecule has 0 heterocycles. The standard InChI is InChI=1S/C14H24N4O/c1-4-18(5-2)9-10(3)17-13-8-11(14(16)19)6-7-12(13)15/h6-8,10,17H,4-5,9,15H2,1-3H3,(H2,16,19). The number of carbonyl (C=O) groups is 1. The zero-order valence-electron chi connectivity index (χ0n) is 11.9. The van der Waals surface area contributed by atoms with Gasteiger partial charge in [0.2, 0.25) is 5.91 Å². The number of likely N-dealkylation sites (N-methyl/N-ethyl adjacent to an activating group) is 1. The third-order valence-corrected chi connectivity index (χ3v) is 3.17. The Kier molecular flexibility index (Phi) is 5.63. The van der Waals surface area contributed by atoms with Gasteiger partial charge in [0.15, 0.2) is 0 Å². The number of nitrogens with two attached hydrogens (primary N) is 2. The number of hydrogen-bond acceptors (Lipinski definition) is 4. The van der Waals surface area contributed by atoms with Gasteiger partial charge in [-0.25, -0.2) is 0 Å². The van der Waals surface area contributed by atoms with Crippen LogP contribution >= 0.6 is 0 Å². The number of primary amides is 1. The zero-order valence-corrected chi connectivity index (χ0v) is 11.9. The highest BCUT2D eigenvalue weighted by Crippen LogP contribution is 2.20. The van der Waals surface area contributed by atoms with E-state index in [4.69, 9.17) is 11.5 Å². The predicted molar refractivity (Wildman–Crippen MR) is 80.2 cm³/mol. The molecule has 0 fully saturated rings. The summed E-state index contributed by atoms with van der Waals surface area (Å²) in [5.41, 5.74) is 13.0. The molecule has 0 aliphatic heterocycles. The van der Waals surface area contributed by atoms with Crippen molar-refractivity contribution >= 4 is 17.3 Å². The Balaban J connectivity index is 2.75. The molecule has 19 heavy (non-hydrogen) atoms. The maximum Gasteiger partial charge on any atom is 0.248 e. The van der Waals surface area contributed by atoms with Crippen LogP contribution in [0.25, 0.3) is 0 Å². The summed E-state index contributed by atoms with van der Waals surface area (Å²) in [6, 6.07) is 5.28. The first-order valence-electron chi connectivity index (χ1n) is 6.66. The van der Waals surface area contributed by atoms with Gasteiger partial charge in [-0.05, 0) is 38.2 Å². The molecule has 0 bridgehead atoms. The van der Waals surface area contributed by atoms with Gasteiger partial charge in [0.1, 0.15) is 0 Å². The molecule has 0 saturated heterocycles. The molecular weight excluding hydrogens is 240 g/mol. The largest absolute Gasteiger partial charge is 0.397 e. The molecule has 0 radical (unpaired) electrons. The predicted octanol–water partition coefficient (Wildman–Crippen LogP) is 1.51. The average molecular weight is 264 g/mol. The number of nitrogens with one attached hydrogen (secondary N) is 1. The smallest absolute Gasteiger partial charge is 0.248 e. The number of carbonyl (C=O) groups excluding carboxylic acids is 1. The molecule has 1 atom stereocenters. The quantitative estimate of drug-likeness (QED) is 0.652. The van der Waals surface area contributed by atoms with E-state index in [0.717, 1.165) is 25.3 Å². The summed E-state index contributed by atoms with van der Waals surface area (Å²) >= 11 is 0. The molecule has 0 aromatic heterocycles. The van der Waals surface area contributed by atoms with Crippen molar-refractivity contribution in [3.8, 4) is 0 Å². The van der Waals surface area contributed by atoms with Crippen LogP contribution in [0.5, 0.6) is 0 Å². The van der Waals surface area contributed by atoms with Crippen molar-refractivity contribution in [3.63, 3.8) is 0 Å². The molecule has 1 aromatic rings. The monoisotopic (exact) mass is 264 g/mol. The molecule has 1 aromatic carbocycles. The van der Waals surface area contributed by atoms with Gasteiger partial charge in [-0.1, -0.05) is 13.8 Å². The molecule has 0 spiro atoms. The molecular formula is C14H24N4O. The number of nitrogens with zero attached hydrogens (tertiary/aromatic N) is 1. The Morgan fingerprint density at radius 3 is 2.53 bits per heavy atom. The van der Waals surface area contributed by atoms with Gasteiger partial charge in [-0.2, -0.15) is 0 Å². The number of amides is 1. The first-order valence-corrected chi connectivity index (χ1v) is 6.66. The van der Waals surface area contributed by atoms with Crippen LogP contribution in [0.1, 0.15) is 31.1 Å². The maximum absolute atomic E-state index is 11.2. The van der Waals surface area contributed by atoms with Crippen LogP contribution in [0.4, 0.5) is 11.4 Å². The summed E-state index contributed by atoms with van der Waals surface area (Å²) in [6.07, 6.45) is 0. The fraction of sp³-hybridized carbons (Fsp3) is 0.500. The Bertz CT molecular complexity index is 429. The number of nitrogen functional groups attached to an aromatic ring is 1. The van der Waals surface area contributed by atoms with E-state index < -0.39 is 5.91 Å². The van der Waals surface area contributed by atoms with E-state index in [2.05, 4.69) is 31.0 Å². The second kappa shape index (κ2) is 6.99. The van der Waals surface area contributed by atoms with Crippen molar-refractivity contribution in [2.45, 2.75) is 26.8 Å². The molecule has 1 unspecified atom stereocenters. The zero-order chi connectivity index (χ0) is 14.4. The molecule has 106 valence electrons. The summed E-state index contributed by atoms with van der Waals surface area (Å²) < 4.78 is 0. The summed E-state index contributed by atoms with van der Waals surface area (Å²) in [6.45, 7) is 9.32. The molecule has 0 saturated carbocycles. The van der Waals surface area contributed by atoms with Crippen molar-refractivity contribution in [1.82, 2.24) is 4.90 Å². The number of rotatable bonds is 7. The Labute approximate surface area is 115 Å². The molecule has 0 aliphatic carbocycles. The van der Waals surface area contributed by atoms with Crippen LogP contribution in [0.15, 0.2) is 18.2 Å². The lowest BCUT2D eigenvalue weighted by Gasteiger charge is -2.24. The minimum atomic E-state index is -0.445. The van der Waals surface area contributed by atoms with Gasteiger partial charge in [0.25, 0.3) is 0 Å². The maximum atomic E-state index is 11.2. The van der Waals surface area contributed by atoms with E-state index in [1.54, 1.807) is 18.2 Å². The average Bonchev–Trinajstić information content (AvgIpc) is 2.38. The Morgan fingerprint density at radius 1 is 1.37 bits per heavy atom. The first kappa shape index (κ1) is 15.3. The van der Waals surface area contributed by atoms with Crippen LogP contribution in [0.3, 0.4) is 0 Å². The fourth-order valence-corrected chi connectivity index (χ4v) is 2.01. The Morgan fingerprint density at radius 2 is 2.00 bits per heavy atom. The summed E-state index contributed by atoms with van der Waals surface area (Å²) in [5, 5.41) is 3.33. The molecule has 1 amide bonds. The highest BCUT2D eigenvalue weighted by Gasteiger charge is 2.10. The van der Waals surface area contributed by atoms with Gasteiger partial charge < -0.3 is 21.7 Å². The minimum absolute atomic E-state index is 0.241. The second-order valence-electron chi connectivity index (χ2n) is 4.70. The summed E-state index contributed by atoms with van der Waals surface area (Å²) in [5.74, 6) is -0.445. The van der Waals surface area contributed by atoms with Crippen molar-refractivity contribution in [2.75, 3.05) is 30.7 Å². The molecule has 0 aliphatic rings. The highest BCUT2D eigenvalue weighted by molar-refractivity contribution is 5.94. The summed E-state index contributed by atoms with van der Waals surface area (Å²) in [4.78, 5) is 13.5. The SMILES string of the molecule is CCN(CC)CC(C)Nc1cc(C(N)=O)ccc1N. The molecule has 5 N–H and O–H groups in total. The molecule has 5 nitrogen and oxygen atoms in total. The van der Waals surface area contributed by atoms with Gasteiger partial charge in [0.05, 0.1) is 11.4 Å². The summed E-state index contributed by atoms with van der Waals surface area (Å²) in [7, 11) is 0. The lowest BCUT2D eigenvalue weighted by Crippen LogP contribution is -2.35. The van der Waals surface area contributed by atoms with E-state index in [1.165, 1.54) is 0 Å². The number of anilines is 2. The number of hydrogen-bond donors (Lipinski definition) is 3. The minimum Gasteiger partial charge on any atom is -0.397 e. The normalized spacial score (nSPS) is 12.4. The third kappa shape index (κ3) is 4.44. The fourth-order valence-electron chi connectivity index (χ4n) is 2.01. The first-order chi connectivity index (χ1) is 8.97. The van der Waals surface area contributed by atoms with Crippen molar-refractivity contribution in [2.24, 2.45) is 5.73 Å². The van der Waals surface area contributed by atoms with Crippen molar-refractivity contribution in [1.29, 1.82) is 0 Å². The highest BCUT2D eigenvalue weighted by atomic mass is 16.1. The lowest BCUT2D eigenvalue weighted by atomic mass is 10.1. The molecule has 5 heteroatoms. The van der Waals surface area contributed by atoms with E-state index in [-0.39, 0.29) is 6.04 Å². The van der Waals surface area contributed by atoms with E-state index >= 15 is 0 Å². The topological polar surface area (TPSA) is 84.4 Å². The van der Waals surface area contributed by atoms with Crippen LogP contribution in [-0.4, -0.2) is 36.5 Å². The van der Waals surface area contributed by atoms with Crippen molar-refractivity contribution in [3.05, 3.63) is 23.8 Å². The third-order valence-electron chi connectivity index (χ3n) is 3.17. The number of benzene rings is 1. The Hall–Kier alpha value is -1.75. The van der Waals surface area contributed by atoms with Crippen molar-refractivity contribution < 1.29 is 4.79 Å². The van der Waals surface area contributed by atoms with E-state index in [1.807, 2.05) is 0 Å². The second-order valence-corrected chi connectivity index (χ2v) is 4.70. The van der Waals surface area contributed by atoms with Crippen LogP contribution in [0, 0.1) is 0 Å². The van der Waals surface area contributed by atoms with E-state index in [0.29, 0.717) is 11.3 Å². The molecule has 1 rings (SSSR count). The van der Waals surface area contributed by atoms with Gasteiger partial charge in [-0.15, -0.1) is 0 Å². The van der Waals surface area contributed by atoms with Gasteiger partial charge >= 0.3 is 0 Å². The van der Waals surface area contributed by atoms with E-state index in [9.17, 15) is 4.79 Å². The lowest BCUT2D eigenvalue weighted by molar-refractivity contribution is 0.100. The van der Waals surface area contributed by atoms with Crippen LogP contribution < -0.4 is 16.8 Å². The van der Waals surface area contributed by atoms with Gasteiger partial charge in [0, 0.05) is 18.2 Å².